The van der Waals surface area contributed by atoms with Gasteiger partial charge in [-0.1, -0.05) is 58.0 Å². The van der Waals surface area contributed by atoms with Crippen LogP contribution in [0.2, 0.25) is 0 Å². The molecule has 2 aromatic carbocycles. The lowest BCUT2D eigenvalue weighted by atomic mass is 9.92. The first kappa shape index (κ1) is 27.9. The molecule has 0 bridgehead atoms. The van der Waals surface area contributed by atoms with Crippen LogP contribution in [-0.4, -0.2) is 53.4 Å². The highest BCUT2D eigenvalue weighted by Gasteiger charge is 2.23. The van der Waals surface area contributed by atoms with Gasteiger partial charge in [0.2, 0.25) is 5.91 Å². The van der Waals surface area contributed by atoms with Crippen molar-refractivity contribution < 1.29 is 14.3 Å². The zero-order valence-corrected chi connectivity index (χ0v) is 22.8. The van der Waals surface area contributed by atoms with Crippen molar-refractivity contribution in [1.82, 2.24) is 14.7 Å². The molecule has 37 heavy (non-hydrogen) atoms. The minimum atomic E-state index is -0.331. The molecule has 0 saturated carbocycles. The van der Waals surface area contributed by atoms with Crippen molar-refractivity contribution >= 4 is 23.4 Å². The molecular formula is C29H39N5O3. The number of nitrogens with zero attached hydrogens (tertiary/aromatic N) is 3. The topological polar surface area (TPSA) is 88.5 Å². The predicted molar refractivity (Wildman–Crippen MR) is 149 cm³/mol. The maximum atomic E-state index is 13.2. The van der Waals surface area contributed by atoms with Gasteiger partial charge in [0, 0.05) is 37.4 Å². The number of hydrogen-bond donors (Lipinski definition) is 2. The monoisotopic (exact) mass is 505 g/mol. The Bertz CT molecular complexity index is 1210. The number of aryl methyl sites for hydroxylation is 2. The van der Waals surface area contributed by atoms with Gasteiger partial charge in [0.25, 0.3) is 0 Å². The van der Waals surface area contributed by atoms with Crippen molar-refractivity contribution in [3.8, 4) is 5.69 Å². The molecule has 0 aliphatic heterocycles. The SMILES string of the molecule is CCc1cccc(NC(=O)N(CCCOC)CC(=O)Nc2cc(C(C)(C)C)nn2-c2ccccc2C)c1. The summed E-state index contributed by atoms with van der Waals surface area (Å²) >= 11 is 0. The molecular weight excluding hydrogens is 466 g/mol. The molecule has 3 amide bonds. The Hall–Kier alpha value is -3.65. The molecule has 198 valence electrons. The third-order valence-corrected chi connectivity index (χ3v) is 6.07. The van der Waals surface area contributed by atoms with E-state index in [0.29, 0.717) is 31.1 Å². The highest BCUT2D eigenvalue weighted by Crippen LogP contribution is 2.27. The molecule has 2 N–H and O–H groups in total. The number of aromatic nitrogens is 2. The standard InChI is InChI=1S/C29H39N5O3/c1-7-22-13-10-14-23(18-22)30-28(36)33(16-11-17-37-6)20-27(35)31-26-19-25(29(3,4)5)32-34(26)24-15-9-8-12-21(24)2/h8-10,12-15,18-19H,7,11,16-17,20H2,1-6H3,(H,30,36)(H,31,35). The number of anilines is 2. The number of amides is 3. The zero-order valence-electron chi connectivity index (χ0n) is 22.8. The molecule has 0 unspecified atom stereocenters. The van der Waals surface area contributed by atoms with Crippen molar-refractivity contribution in [1.29, 1.82) is 0 Å². The molecule has 0 radical (unpaired) electrons. The minimum absolute atomic E-state index is 0.104. The molecule has 1 aromatic heterocycles. The normalized spacial score (nSPS) is 11.3. The molecule has 1 heterocycles. The van der Waals surface area contributed by atoms with Gasteiger partial charge in [-0.25, -0.2) is 9.48 Å². The number of urea groups is 1. The van der Waals surface area contributed by atoms with Crippen molar-refractivity contribution in [3.05, 3.63) is 71.4 Å². The Balaban J connectivity index is 1.81. The molecule has 0 aliphatic carbocycles. The maximum Gasteiger partial charge on any atom is 0.322 e. The van der Waals surface area contributed by atoms with E-state index < -0.39 is 0 Å². The van der Waals surface area contributed by atoms with Crippen LogP contribution in [0.3, 0.4) is 0 Å². The van der Waals surface area contributed by atoms with Crippen LogP contribution in [0.1, 0.15) is 50.9 Å². The van der Waals surface area contributed by atoms with Gasteiger partial charge in [-0.15, -0.1) is 0 Å². The van der Waals surface area contributed by atoms with Crippen molar-refractivity contribution in [2.45, 2.75) is 52.9 Å². The number of para-hydroxylation sites is 1. The maximum absolute atomic E-state index is 13.2. The van der Waals surface area contributed by atoms with Crippen molar-refractivity contribution in [2.24, 2.45) is 0 Å². The van der Waals surface area contributed by atoms with E-state index in [2.05, 4.69) is 38.3 Å². The first-order chi connectivity index (χ1) is 17.6. The summed E-state index contributed by atoms with van der Waals surface area (Å²) in [7, 11) is 1.62. The first-order valence-corrected chi connectivity index (χ1v) is 12.7. The molecule has 3 aromatic rings. The van der Waals surface area contributed by atoms with Gasteiger partial charge >= 0.3 is 6.03 Å². The second kappa shape index (κ2) is 12.5. The summed E-state index contributed by atoms with van der Waals surface area (Å²) in [4.78, 5) is 27.9. The van der Waals surface area contributed by atoms with E-state index in [-0.39, 0.29) is 23.9 Å². The van der Waals surface area contributed by atoms with Crippen molar-refractivity contribution in [2.75, 3.05) is 37.4 Å². The quantitative estimate of drug-likeness (QED) is 0.354. The smallest absolute Gasteiger partial charge is 0.322 e. The van der Waals surface area contributed by atoms with Crippen LogP contribution < -0.4 is 10.6 Å². The molecule has 0 atom stereocenters. The Morgan fingerprint density at radius 2 is 1.81 bits per heavy atom. The van der Waals surface area contributed by atoms with E-state index in [1.165, 1.54) is 4.90 Å². The van der Waals surface area contributed by atoms with Crippen LogP contribution in [-0.2, 0) is 21.4 Å². The highest BCUT2D eigenvalue weighted by molar-refractivity contribution is 5.96. The number of carbonyl (C=O) groups is 2. The predicted octanol–water partition coefficient (Wildman–Crippen LogP) is 5.55. The molecule has 0 saturated heterocycles. The largest absolute Gasteiger partial charge is 0.385 e. The van der Waals surface area contributed by atoms with Crippen molar-refractivity contribution in [3.63, 3.8) is 0 Å². The van der Waals surface area contributed by atoms with Crippen LogP contribution in [0.4, 0.5) is 16.3 Å². The molecule has 3 rings (SSSR count). The molecule has 0 spiro atoms. The van der Waals surface area contributed by atoms with E-state index in [0.717, 1.165) is 28.9 Å². The van der Waals surface area contributed by atoms with E-state index in [4.69, 9.17) is 9.84 Å². The number of nitrogens with one attached hydrogen (secondary N) is 2. The average molecular weight is 506 g/mol. The molecule has 8 heteroatoms. The lowest BCUT2D eigenvalue weighted by molar-refractivity contribution is -0.116. The number of benzene rings is 2. The summed E-state index contributed by atoms with van der Waals surface area (Å²) in [5, 5.41) is 10.7. The van der Waals surface area contributed by atoms with Gasteiger partial charge in [0.15, 0.2) is 0 Å². The van der Waals surface area contributed by atoms with Crippen LogP contribution in [0.15, 0.2) is 54.6 Å². The average Bonchev–Trinajstić information content (AvgIpc) is 3.28. The number of rotatable bonds is 10. The van der Waals surface area contributed by atoms with E-state index >= 15 is 0 Å². The van der Waals surface area contributed by atoms with Gasteiger partial charge in [-0.2, -0.15) is 5.10 Å². The summed E-state index contributed by atoms with van der Waals surface area (Å²) in [6.45, 7) is 11.1. The molecule has 0 aliphatic rings. The summed E-state index contributed by atoms with van der Waals surface area (Å²) in [6.07, 6.45) is 1.48. The van der Waals surface area contributed by atoms with Gasteiger partial charge in [-0.3, -0.25) is 4.79 Å². The summed E-state index contributed by atoms with van der Waals surface area (Å²) in [5.41, 5.74) is 4.41. The Labute approximate surface area is 220 Å². The molecule has 8 nitrogen and oxygen atoms in total. The van der Waals surface area contributed by atoms with Gasteiger partial charge in [0.1, 0.15) is 12.4 Å². The summed E-state index contributed by atoms with van der Waals surface area (Å²) in [5.74, 6) is 0.266. The lowest BCUT2D eigenvalue weighted by Crippen LogP contribution is -2.41. The van der Waals surface area contributed by atoms with Gasteiger partial charge in [0.05, 0.1) is 11.4 Å². The number of ether oxygens (including phenoxy) is 1. The Morgan fingerprint density at radius 1 is 1.05 bits per heavy atom. The van der Waals surface area contributed by atoms with E-state index in [9.17, 15) is 9.59 Å². The highest BCUT2D eigenvalue weighted by atomic mass is 16.5. The zero-order chi connectivity index (χ0) is 27.0. The van der Waals surface area contributed by atoms with Crippen LogP contribution in [0.25, 0.3) is 5.69 Å². The third kappa shape index (κ3) is 7.67. The van der Waals surface area contributed by atoms with Crippen LogP contribution in [0.5, 0.6) is 0 Å². The second-order valence-electron chi connectivity index (χ2n) is 10.2. The van der Waals surface area contributed by atoms with Crippen LogP contribution >= 0.6 is 0 Å². The summed E-state index contributed by atoms with van der Waals surface area (Å²) in [6, 6.07) is 17.2. The summed E-state index contributed by atoms with van der Waals surface area (Å²) < 4.78 is 6.92. The fourth-order valence-electron chi connectivity index (χ4n) is 3.90. The van der Waals surface area contributed by atoms with Gasteiger partial charge in [-0.05, 0) is 49.1 Å². The number of hydrogen-bond acceptors (Lipinski definition) is 4. The first-order valence-electron chi connectivity index (χ1n) is 12.7. The fraction of sp³-hybridized carbons (Fsp3) is 0.414. The van der Waals surface area contributed by atoms with E-state index in [1.807, 2.05) is 61.5 Å². The van der Waals surface area contributed by atoms with Gasteiger partial charge < -0.3 is 20.3 Å². The Kier molecular flexibility index (Phi) is 9.47. The molecule has 0 fully saturated rings. The number of carbonyl (C=O) groups excluding carboxylic acids is 2. The number of methoxy groups -OCH3 is 1. The van der Waals surface area contributed by atoms with Crippen LogP contribution in [0, 0.1) is 6.92 Å². The second-order valence-corrected chi connectivity index (χ2v) is 10.2. The third-order valence-electron chi connectivity index (χ3n) is 6.07. The minimum Gasteiger partial charge on any atom is -0.385 e. The fourth-order valence-corrected chi connectivity index (χ4v) is 3.90. The van der Waals surface area contributed by atoms with E-state index in [1.54, 1.807) is 11.8 Å². The Morgan fingerprint density at radius 3 is 2.49 bits per heavy atom. The lowest BCUT2D eigenvalue weighted by Gasteiger charge is -2.23.